The second kappa shape index (κ2) is 12.8. The molecule has 1 fully saturated rings. The van der Waals surface area contributed by atoms with Crippen LogP contribution in [0.5, 0.6) is 11.5 Å². The number of carbonyl (C=O) groups is 1. The number of hydrogen-bond acceptors (Lipinski definition) is 7. The third kappa shape index (κ3) is 6.30. The second-order valence-corrected chi connectivity index (χ2v) is 14.1. The number of likely N-dealkylation sites (N-methyl/N-ethyl adjacent to an activating group) is 1. The molecule has 1 saturated heterocycles. The van der Waals surface area contributed by atoms with Crippen molar-refractivity contribution in [3.63, 3.8) is 0 Å². The highest BCUT2D eigenvalue weighted by atomic mass is 32.2. The Morgan fingerprint density at radius 1 is 1.07 bits per heavy atom. The lowest BCUT2D eigenvalue weighted by Gasteiger charge is -2.32. The largest absolute Gasteiger partial charge is 0.497 e. The molecule has 1 amide bonds. The van der Waals surface area contributed by atoms with Gasteiger partial charge in [0, 0.05) is 31.4 Å². The number of aromatic nitrogens is 2. The minimum atomic E-state index is -3.49. The van der Waals surface area contributed by atoms with E-state index >= 15 is 4.21 Å². The van der Waals surface area contributed by atoms with Gasteiger partial charge in [0.15, 0.2) is 0 Å². The second-order valence-electron chi connectivity index (χ2n) is 12.3. The van der Waals surface area contributed by atoms with Gasteiger partial charge in [0.25, 0.3) is 0 Å². The summed E-state index contributed by atoms with van der Waals surface area (Å²) in [6, 6.07) is 7.73. The van der Waals surface area contributed by atoms with E-state index in [2.05, 4.69) is 27.8 Å². The number of anilines is 1. The van der Waals surface area contributed by atoms with E-state index in [9.17, 15) is 4.79 Å². The van der Waals surface area contributed by atoms with Gasteiger partial charge in [-0.05, 0) is 105 Å². The number of carbonyl (C=O) groups excluding carboxylic acids is 1. The number of fused-ring (bicyclic) bond motifs is 2. The average molecular weight is 621 g/mol. The lowest BCUT2D eigenvalue weighted by molar-refractivity contribution is -0.118. The topological polar surface area (TPSA) is 101 Å². The Morgan fingerprint density at radius 2 is 1.82 bits per heavy atom. The summed E-state index contributed by atoms with van der Waals surface area (Å²) < 4.78 is 37.8. The minimum absolute atomic E-state index is 0.181. The standard InChI is InChI=1S/C33H44N6O4S/c1-37-15-7-10-26(21-37)35-44(41,36-33(40)18-31-29-11-5-8-23(29)16-24-9-6-12-30(24)31)39(27-19-34-38(2)22-27)20-25-13-14-28(42-3)17-32(25)43-4/h13-14,16-17,19,22,26H,5-12,15,18,20-21H2,1-4H3,(H,35,36,40,41). The summed E-state index contributed by atoms with van der Waals surface area (Å²) >= 11 is 0. The zero-order chi connectivity index (χ0) is 30.8. The molecule has 2 aliphatic carbocycles. The SMILES string of the molecule is COc1ccc(CN(c2cnn(C)c2)S(=O)(=NC2CCCN(C)C2)NC(=O)Cc2c3c(cc4c2CCC4)CCC3)c(OC)c1. The van der Waals surface area contributed by atoms with E-state index in [1.165, 1.54) is 22.3 Å². The van der Waals surface area contributed by atoms with Gasteiger partial charge in [-0.3, -0.25) is 18.5 Å². The normalized spacial score (nSPS) is 19.1. The fourth-order valence-electron chi connectivity index (χ4n) is 7.05. The van der Waals surface area contributed by atoms with E-state index in [0.29, 0.717) is 23.7 Å². The summed E-state index contributed by atoms with van der Waals surface area (Å²) in [7, 11) is 3.60. The molecule has 0 bridgehead atoms. The van der Waals surface area contributed by atoms with E-state index in [1.54, 1.807) is 41.7 Å². The molecule has 0 radical (unpaired) electrons. The summed E-state index contributed by atoms with van der Waals surface area (Å²) in [5.74, 6) is 0.984. The van der Waals surface area contributed by atoms with E-state index in [0.717, 1.165) is 69.0 Å². The molecular formula is C33H44N6O4S. The Bertz CT molecular complexity index is 1630. The summed E-state index contributed by atoms with van der Waals surface area (Å²) in [6.07, 6.45) is 11.8. The maximum Gasteiger partial charge on any atom is 0.238 e. The zero-order valence-corrected chi connectivity index (χ0v) is 27.1. The highest BCUT2D eigenvalue weighted by molar-refractivity contribution is 7.93. The number of benzene rings is 2. The molecule has 2 heterocycles. The highest BCUT2D eigenvalue weighted by Gasteiger charge is 2.31. The number of rotatable bonds is 10. The summed E-state index contributed by atoms with van der Waals surface area (Å²) in [5.41, 5.74) is 7.95. The van der Waals surface area contributed by atoms with Gasteiger partial charge in [-0.2, -0.15) is 9.46 Å². The average Bonchev–Trinajstić information content (AvgIpc) is 3.77. The van der Waals surface area contributed by atoms with Gasteiger partial charge >= 0.3 is 0 Å². The van der Waals surface area contributed by atoms with Crippen LogP contribution in [0.1, 0.15) is 59.1 Å². The number of aryl methyl sites for hydroxylation is 3. The van der Waals surface area contributed by atoms with Crippen LogP contribution in [0.4, 0.5) is 5.69 Å². The Labute approximate surface area is 261 Å². The van der Waals surface area contributed by atoms with Gasteiger partial charge in [0.05, 0.1) is 45.1 Å². The first-order chi connectivity index (χ1) is 21.3. The van der Waals surface area contributed by atoms with Crippen LogP contribution >= 0.6 is 0 Å². The van der Waals surface area contributed by atoms with E-state index in [1.807, 2.05) is 19.2 Å². The fraction of sp³-hybridized carbons (Fsp3) is 0.515. The van der Waals surface area contributed by atoms with Crippen LogP contribution in [0.3, 0.4) is 0 Å². The van der Waals surface area contributed by atoms with Crippen molar-refractivity contribution in [3.8, 4) is 11.5 Å². The van der Waals surface area contributed by atoms with Crippen molar-refractivity contribution in [3.05, 3.63) is 70.0 Å². The van der Waals surface area contributed by atoms with Gasteiger partial charge in [-0.1, -0.05) is 6.07 Å². The van der Waals surface area contributed by atoms with Crippen LogP contribution < -0.4 is 18.5 Å². The molecule has 2 aromatic carbocycles. The molecule has 2 atom stereocenters. The Morgan fingerprint density at radius 3 is 2.45 bits per heavy atom. The quantitative estimate of drug-likeness (QED) is 0.365. The maximum absolute atomic E-state index is 15.4. The van der Waals surface area contributed by atoms with Crippen LogP contribution in [0, 0.1) is 0 Å². The predicted molar refractivity (Wildman–Crippen MR) is 172 cm³/mol. The molecular weight excluding hydrogens is 576 g/mol. The van der Waals surface area contributed by atoms with Gasteiger partial charge < -0.3 is 14.4 Å². The predicted octanol–water partition coefficient (Wildman–Crippen LogP) is 4.17. The van der Waals surface area contributed by atoms with Crippen molar-refractivity contribution < 1.29 is 18.5 Å². The number of ether oxygens (including phenoxy) is 2. The van der Waals surface area contributed by atoms with Crippen LogP contribution in [-0.4, -0.2) is 65.2 Å². The molecule has 0 saturated carbocycles. The lowest BCUT2D eigenvalue weighted by Crippen LogP contribution is -2.46. The van der Waals surface area contributed by atoms with Crippen molar-refractivity contribution in [1.29, 1.82) is 0 Å². The Hall–Kier alpha value is -3.57. The summed E-state index contributed by atoms with van der Waals surface area (Å²) in [6.45, 7) is 1.83. The molecule has 3 aliphatic rings. The van der Waals surface area contributed by atoms with E-state index in [4.69, 9.17) is 13.8 Å². The van der Waals surface area contributed by atoms with Gasteiger partial charge in [-0.25, -0.2) is 4.21 Å². The molecule has 6 rings (SSSR count). The fourth-order valence-corrected chi connectivity index (χ4v) is 8.97. The third-order valence-corrected chi connectivity index (χ3v) is 11.2. The van der Waals surface area contributed by atoms with Crippen molar-refractivity contribution in [2.24, 2.45) is 11.4 Å². The molecule has 10 nitrogen and oxygen atoms in total. The van der Waals surface area contributed by atoms with Gasteiger partial charge in [-0.15, -0.1) is 0 Å². The first-order valence-electron chi connectivity index (χ1n) is 15.6. The number of piperidine rings is 1. The molecule has 236 valence electrons. The molecule has 3 aromatic rings. The zero-order valence-electron chi connectivity index (χ0n) is 26.3. The van der Waals surface area contributed by atoms with Crippen LogP contribution in [-0.2, 0) is 60.6 Å². The number of nitrogens with one attached hydrogen (secondary N) is 1. The number of nitrogens with zero attached hydrogens (tertiary/aromatic N) is 5. The number of likely N-dealkylation sites (tertiary alicyclic amines) is 1. The first kappa shape index (κ1) is 30.5. The van der Waals surface area contributed by atoms with Crippen molar-refractivity contribution >= 4 is 21.7 Å². The molecule has 0 spiro atoms. The van der Waals surface area contributed by atoms with Crippen LogP contribution in [0.25, 0.3) is 0 Å². The molecule has 1 aromatic heterocycles. The van der Waals surface area contributed by atoms with Crippen molar-refractivity contribution in [2.45, 2.75) is 70.4 Å². The van der Waals surface area contributed by atoms with Crippen molar-refractivity contribution in [1.82, 2.24) is 19.4 Å². The molecule has 2 unspecified atom stereocenters. The van der Waals surface area contributed by atoms with E-state index in [-0.39, 0.29) is 24.9 Å². The monoisotopic (exact) mass is 620 g/mol. The minimum Gasteiger partial charge on any atom is -0.497 e. The Kier molecular flexibility index (Phi) is 8.87. The lowest BCUT2D eigenvalue weighted by atomic mass is 9.92. The number of hydrogen-bond donors (Lipinski definition) is 1. The number of methoxy groups -OCH3 is 2. The van der Waals surface area contributed by atoms with Crippen LogP contribution in [0.2, 0.25) is 0 Å². The first-order valence-corrected chi connectivity index (χ1v) is 17.1. The number of amides is 1. The smallest absolute Gasteiger partial charge is 0.238 e. The molecule has 1 aliphatic heterocycles. The van der Waals surface area contributed by atoms with E-state index < -0.39 is 10.1 Å². The molecule has 1 N–H and O–H groups in total. The summed E-state index contributed by atoms with van der Waals surface area (Å²) in [5, 5.41) is 4.38. The van der Waals surface area contributed by atoms with Crippen LogP contribution in [0.15, 0.2) is 41.0 Å². The third-order valence-electron chi connectivity index (χ3n) is 9.16. The summed E-state index contributed by atoms with van der Waals surface area (Å²) in [4.78, 5) is 16.3. The van der Waals surface area contributed by atoms with Gasteiger partial charge in [0.2, 0.25) is 16.0 Å². The molecule has 11 heteroatoms. The van der Waals surface area contributed by atoms with Gasteiger partial charge in [0.1, 0.15) is 11.5 Å². The Balaban J connectivity index is 1.40. The maximum atomic E-state index is 15.4. The molecule has 44 heavy (non-hydrogen) atoms. The highest BCUT2D eigenvalue weighted by Crippen LogP contribution is 2.36. The van der Waals surface area contributed by atoms with Crippen molar-refractivity contribution in [2.75, 3.05) is 38.7 Å².